The normalized spacial score (nSPS) is 13.8. The van der Waals surface area contributed by atoms with Gasteiger partial charge in [0.15, 0.2) is 0 Å². The van der Waals surface area contributed by atoms with Crippen molar-refractivity contribution in [1.29, 1.82) is 0 Å². The van der Waals surface area contributed by atoms with Crippen molar-refractivity contribution in [2.24, 2.45) is 0 Å². The van der Waals surface area contributed by atoms with E-state index in [-0.39, 0.29) is 5.41 Å². The molecular weight excluding hydrogens is 192 g/mol. The second-order valence-electron chi connectivity index (χ2n) is 5.77. The van der Waals surface area contributed by atoms with Crippen LogP contribution in [0.3, 0.4) is 0 Å². The molecule has 0 amide bonds. The van der Waals surface area contributed by atoms with Gasteiger partial charge in [-0.1, -0.05) is 65.3 Å². The fourth-order valence-corrected chi connectivity index (χ4v) is 2.21. The minimum atomic E-state index is 0.269. The van der Waals surface area contributed by atoms with Crippen LogP contribution in [0.1, 0.15) is 70.9 Å². The summed E-state index contributed by atoms with van der Waals surface area (Å²) in [6.07, 6.45) is 3.84. The second-order valence-corrected chi connectivity index (χ2v) is 5.77. The summed E-state index contributed by atoms with van der Waals surface area (Å²) in [5, 5.41) is 0. The lowest BCUT2D eigenvalue weighted by molar-refractivity contribution is 0.582. The maximum atomic E-state index is 2.32. The van der Waals surface area contributed by atoms with E-state index >= 15 is 0 Å². The Hall–Kier alpha value is -0.780. The van der Waals surface area contributed by atoms with Crippen molar-refractivity contribution in [2.45, 2.75) is 65.2 Å². The Morgan fingerprint density at radius 1 is 1.00 bits per heavy atom. The predicted molar refractivity (Wildman–Crippen MR) is 73.1 cm³/mol. The molecule has 0 N–H and O–H groups in total. The van der Waals surface area contributed by atoms with Crippen molar-refractivity contribution in [3.8, 4) is 0 Å². The third-order valence-electron chi connectivity index (χ3n) is 3.38. The van der Waals surface area contributed by atoms with Gasteiger partial charge in [-0.05, 0) is 35.3 Å². The average Bonchev–Trinajstić information content (AvgIpc) is 2.25. The van der Waals surface area contributed by atoms with E-state index in [0.717, 1.165) is 5.92 Å². The van der Waals surface area contributed by atoms with E-state index in [4.69, 9.17) is 0 Å². The van der Waals surface area contributed by atoms with Crippen molar-refractivity contribution < 1.29 is 0 Å². The molecule has 90 valence electrons. The van der Waals surface area contributed by atoms with Crippen LogP contribution in [0, 0.1) is 0 Å². The Balaban J connectivity index is 2.85. The van der Waals surface area contributed by atoms with Crippen molar-refractivity contribution in [3.63, 3.8) is 0 Å². The Labute approximate surface area is 101 Å². The molecule has 1 atom stereocenters. The van der Waals surface area contributed by atoms with Gasteiger partial charge in [-0.2, -0.15) is 0 Å². The van der Waals surface area contributed by atoms with Gasteiger partial charge >= 0.3 is 0 Å². The highest BCUT2D eigenvalue weighted by molar-refractivity contribution is 5.29. The fraction of sp³-hybridized carbons (Fsp3) is 0.625. The summed E-state index contributed by atoms with van der Waals surface area (Å²) < 4.78 is 0. The van der Waals surface area contributed by atoms with Crippen LogP contribution in [0.25, 0.3) is 0 Å². The third kappa shape index (κ3) is 3.37. The summed E-state index contributed by atoms with van der Waals surface area (Å²) in [5.41, 5.74) is 3.21. The zero-order valence-electron chi connectivity index (χ0n) is 11.5. The quantitative estimate of drug-likeness (QED) is 0.645. The highest BCUT2D eigenvalue weighted by atomic mass is 14.2. The minimum Gasteiger partial charge on any atom is -0.0654 e. The van der Waals surface area contributed by atoms with Crippen LogP contribution in [0.4, 0.5) is 0 Å². The molecule has 0 aliphatic rings. The first-order valence-electron chi connectivity index (χ1n) is 6.59. The zero-order valence-corrected chi connectivity index (χ0v) is 11.5. The molecular formula is C16H26. The van der Waals surface area contributed by atoms with Gasteiger partial charge in [0.05, 0.1) is 0 Å². The lowest BCUT2D eigenvalue weighted by Crippen LogP contribution is -2.11. The first-order chi connectivity index (χ1) is 7.49. The molecule has 0 radical (unpaired) electrons. The lowest BCUT2D eigenvalue weighted by Gasteiger charge is -2.21. The van der Waals surface area contributed by atoms with E-state index in [0.29, 0.717) is 0 Å². The molecule has 0 heterocycles. The monoisotopic (exact) mass is 218 g/mol. The number of hydrogen-bond donors (Lipinski definition) is 0. The molecule has 0 aliphatic heterocycles. The Bertz CT molecular complexity index is 300. The molecule has 0 saturated carbocycles. The third-order valence-corrected chi connectivity index (χ3v) is 3.38. The molecule has 1 aromatic carbocycles. The second kappa shape index (κ2) is 5.52. The molecule has 0 saturated heterocycles. The number of hydrogen-bond acceptors (Lipinski definition) is 0. The predicted octanol–water partition coefficient (Wildman–Crippen LogP) is 5.28. The average molecular weight is 218 g/mol. The molecule has 1 unspecified atom stereocenters. The molecule has 0 heteroatoms. The topological polar surface area (TPSA) is 0 Å². The van der Waals surface area contributed by atoms with Gasteiger partial charge in [-0.3, -0.25) is 0 Å². The summed E-state index contributed by atoms with van der Waals surface area (Å²) in [6.45, 7) is 11.4. The van der Waals surface area contributed by atoms with E-state index in [2.05, 4.69) is 58.9 Å². The number of rotatable bonds is 4. The van der Waals surface area contributed by atoms with E-state index in [1.807, 2.05) is 0 Å². The molecule has 1 aromatic rings. The van der Waals surface area contributed by atoms with Gasteiger partial charge in [0.1, 0.15) is 0 Å². The summed E-state index contributed by atoms with van der Waals surface area (Å²) in [7, 11) is 0. The SMILES string of the molecule is CCCC(CC)c1ccc(C(C)(C)C)cc1. The Kier molecular flexibility index (Phi) is 4.58. The summed E-state index contributed by atoms with van der Waals surface area (Å²) >= 11 is 0. The molecule has 0 bridgehead atoms. The molecule has 0 fully saturated rings. The van der Waals surface area contributed by atoms with Crippen LogP contribution >= 0.6 is 0 Å². The van der Waals surface area contributed by atoms with Crippen molar-refractivity contribution in [1.82, 2.24) is 0 Å². The van der Waals surface area contributed by atoms with Crippen molar-refractivity contribution >= 4 is 0 Å². The van der Waals surface area contributed by atoms with Crippen LogP contribution in [-0.2, 0) is 5.41 Å². The van der Waals surface area contributed by atoms with E-state index in [1.165, 1.54) is 30.4 Å². The lowest BCUT2D eigenvalue weighted by atomic mass is 9.84. The Morgan fingerprint density at radius 3 is 1.94 bits per heavy atom. The highest BCUT2D eigenvalue weighted by Crippen LogP contribution is 2.28. The van der Waals surface area contributed by atoms with Gasteiger partial charge < -0.3 is 0 Å². The van der Waals surface area contributed by atoms with Gasteiger partial charge in [0, 0.05) is 0 Å². The standard InChI is InChI=1S/C16H26/c1-6-8-13(7-2)14-9-11-15(12-10-14)16(3,4)5/h9-13H,6-8H2,1-5H3. The first kappa shape index (κ1) is 13.3. The van der Waals surface area contributed by atoms with E-state index < -0.39 is 0 Å². The van der Waals surface area contributed by atoms with Crippen LogP contribution in [-0.4, -0.2) is 0 Å². The maximum Gasteiger partial charge on any atom is -0.0132 e. The van der Waals surface area contributed by atoms with Crippen LogP contribution in [0.2, 0.25) is 0 Å². The fourth-order valence-electron chi connectivity index (χ4n) is 2.21. The summed E-state index contributed by atoms with van der Waals surface area (Å²) in [6, 6.07) is 9.25. The van der Waals surface area contributed by atoms with E-state index in [1.54, 1.807) is 0 Å². The Morgan fingerprint density at radius 2 is 1.56 bits per heavy atom. The summed E-state index contributed by atoms with van der Waals surface area (Å²) in [5.74, 6) is 0.749. The van der Waals surface area contributed by atoms with Crippen LogP contribution in [0.15, 0.2) is 24.3 Å². The van der Waals surface area contributed by atoms with Crippen LogP contribution < -0.4 is 0 Å². The zero-order chi connectivity index (χ0) is 12.2. The van der Waals surface area contributed by atoms with Gasteiger partial charge in [0.2, 0.25) is 0 Å². The smallest absolute Gasteiger partial charge is 0.0132 e. The molecule has 0 aromatic heterocycles. The van der Waals surface area contributed by atoms with Crippen LogP contribution in [0.5, 0.6) is 0 Å². The van der Waals surface area contributed by atoms with Gasteiger partial charge in [-0.25, -0.2) is 0 Å². The molecule has 1 rings (SSSR count). The molecule has 0 nitrogen and oxygen atoms in total. The molecule has 16 heavy (non-hydrogen) atoms. The van der Waals surface area contributed by atoms with Gasteiger partial charge in [0.25, 0.3) is 0 Å². The van der Waals surface area contributed by atoms with Crippen molar-refractivity contribution in [3.05, 3.63) is 35.4 Å². The molecule has 0 aliphatic carbocycles. The first-order valence-corrected chi connectivity index (χ1v) is 6.59. The van der Waals surface area contributed by atoms with Crippen molar-refractivity contribution in [2.75, 3.05) is 0 Å². The number of benzene rings is 1. The summed E-state index contributed by atoms with van der Waals surface area (Å²) in [4.78, 5) is 0. The minimum absolute atomic E-state index is 0.269. The highest BCUT2D eigenvalue weighted by Gasteiger charge is 2.14. The van der Waals surface area contributed by atoms with E-state index in [9.17, 15) is 0 Å². The molecule has 0 spiro atoms. The maximum absolute atomic E-state index is 2.32. The largest absolute Gasteiger partial charge is 0.0654 e. The van der Waals surface area contributed by atoms with Gasteiger partial charge in [-0.15, -0.1) is 0 Å².